The minimum absolute atomic E-state index is 0.0709. The second-order valence-corrected chi connectivity index (χ2v) is 5.12. The number of ether oxygens (including phenoxy) is 1. The van der Waals surface area contributed by atoms with Crippen LogP contribution in [0.2, 0.25) is 0 Å². The van der Waals surface area contributed by atoms with Gasteiger partial charge in [0.2, 0.25) is 5.91 Å². The van der Waals surface area contributed by atoms with Crippen LogP contribution < -0.4 is 15.4 Å². The van der Waals surface area contributed by atoms with Gasteiger partial charge in [-0.05, 0) is 25.0 Å². The Balaban J connectivity index is 2.14. The van der Waals surface area contributed by atoms with Crippen LogP contribution in [0, 0.1) is 0 Å². The second kappa shape index (κ2) is 7.62. The van der Waals surface area contributed by atoms with Crippen molar-refractivity contribution in [3.05, 3.63) is 29.7 Å². The van der Waals surface area contributed by atoms with E-state index in [1.807, 2.05) is 19.1 Å². The highest BCUT2D eigenvalue weighted by Crippen LogP contribution is 2.22. The molecule has 0 aliphatic heterocycles. The van der Waals surface area contributed by atoms with Gasteiger partial charge in [0.05, 0.1) is 12.8 Å². The molecule has 0 saturated heterocycles. The molecule has 0 saturated carbocycles. The van der Waals surface area contributed by atoms with Crippen LogP contribution in [0.4, 0.5) is 0 Å². The topological polar surface area (TPSA) is 84.7 Å². The summed E-state index contributed by atoms with van der Waals surface area (Å²) in [6.07, 6.45) is 3.13. The zero-order chi connectivity index (χ0) is 16.8. The van der Waals surface area contributed by atoms with E-state index in [1.54, 1.807) is 17.7 Å². The average Bonchev–Trinajstić information content (AvgIpc) is 2.92. The van der Waals surface area contributed by atoms with E-state index in [4.69, 9.17) is 4.74 Å². The fourth-order valence-electron chi connectivity index (χ4n) is 2.37. The Bertz CT molecular complexity index is 709. The van der Waals surface area contributed by atoms with Gasteiger partial charge in [-0.25, -0.2) is 4.98 Å². The van der Waals surface area contributed by atoms with Crippen molar-refractivity contribution in [2.24, 2.45) is 0 Å². The molecule has 2 aromatic heterocycles. The molecule has 0 fully saturated rings. The number of imidazole rings is 1. The number of hydrogen-bond acceptors (Lipinski definition) is 4. The van der Waals surface area contributed by atoms with E-state index in [1.165, 1.54) is 6.92 Å². The van der Waals surface area contributed by atoms with Crippen LogP contribution in [0.1, 0.15) is 36.5 Å². The van der Waals surface area contributed by atoms with Crippen LogP contribution in [-0.4, -0.2) is 41.4 Å². The molecule has 0 atom stereocenters. The second-order valence-electron chi connectivity index (χ2n) is 5.12. The molecule has 7 heteroatoms. The van der Waals surface area contributed by atoms with Crippen LogP contribution >= 0.6 is 0 Å². The quantitative estimate of drug-likeness (QED) is 0.750. The Labute approximate surface area is 135 Å². The summed E-state index contributed by atoms with van der Waals surface area (Å²) in [5, 5.41) is 5.57. The Morgan fingerprint density at radius 1 is 1.30 bits per heavy atom. The van der Waals surface area contributed by atoms with Gasteiger partial charge < -0.3 is 15.4 Å². The first-order valence-electron chi connectivity index (χ1n) is 7.65. The van der Waals surface area contributed by atoms with Gasteiger partial charge in [0.15, 0.2) is 11.4 Å². The summed E-state index contributed by atoms with van der Waals surface area (Å²) >= 11 is 0. The zero-order valence-electron chi connectivity index (χ0n) is 13.7. The summed E-state index contributed by atoms with van der Waals surface area (Å²) in [7, 11) is 1.58. The monoisotopic (exact) mass is 318 g/mol. The fraction of sp³-hybridized carbons (Fsp3) is 0.438. The number of aromatic nitrogens is 2. The molecule has 124 valence electrons. The SMILES string of the molecule is CCc1nc2c(OC)cccn2c1C(=O)NCCCNC(C)=O. The predicted molar refractivity (Wildman–Crippen MR) is 86.8 cm³/mol. The van der Waals surface area contributed by atoms with Crippen LogP contribution in [0.15, 0.2) is 18.3 Å². The van der Waals surface area contributed by atoms with Gasteiger partial charge in [0, 0.05) is 26.2 Å². The highest BCUT2D eigenvalue weighted by Gasteiger charge is 2.19. The summed E-state index contributed by atoms with van der Waals surface area (Å²) in [6, 6.07) is 3.64. The molecule has 0 spiro atoms. The maximum Gasteiger partial charge on any atom is 0.270 e. The summed E-state index contributed by atoms with van der Waals surface area (Å²) in [6.45, 7) is 4.45. The fourth-order valence-corrected chi connectivity index (χ4v) is 2.37. The molecule has 0 aromatic carbocycles. The van der Waals surface area contributed by atoms with Crippen LogP contribution in [0.5, 0.6) is 5.75 Å². The third kappa shape index (κ3) is 3.80. The van der Waals surface area contributed by atoms with E-state index in [-0.39, 0.29) is 11.8 Å². The zero-order valence-corrected chi connectivity index (χ0v) is 13.7. The van der Waals surface area contributed by atoms with E-state index in [0.29, 0.717) is 43.0 Å². The number of pyridine rings is 1. The van der Waals surface area contributed by atoms with Crippen molar-refractivity contribution in [3.63, 3.8) is 0 Å². The van der Waals surface area contributed by atoms with Crippen molar-refractivity contribution >= 4 is 17.5 Å². The number of rotatable bonds is 7. The number of nitrogens with one attached hydrogen (secondary N) is 2. The molecule has 0 aliphatic carbocycles. The van der Waals surface area contributed by atoms with E-state index >= 15 is 0 Å². The third-order valence-corrected chi connectivity index (χ3v) is 3.47. The lowest BCUT2D eigenvalue weighted by Crippen LogP contribution is -2.30. The number of methoxy groups -OCH3 is 1. The lowest BCUT2D eigenvalue weighted by Gasteiger charge is -2.07. The van der Waals surface area contributed by atoms with Crippen molar-refractivity contribution < 1.29 is 14.3 Å². The van der Waals surface area contributed by atoms with Crippen molar-refractivity contribution in [2.75, 3.05) is 20.2 Å². The van der Waals surface area contributed by atoms with Gasteiger partial charge >= 0.3 is 0 Å². The Kier molecular flexibility index (Phi) is 5.56. The molecule has 2 rings (SSSR count). The molecule has 2 amide bonds. The van der Waals surface area contributed by atoms with Crippen molar-refractivity contribution in [1.82, 2.24) is 20.0 Å². The predicted octanol–water partition coefficient (Wildman–Crippen LogP) is 1.16. The first-order chi connectivity index (χ1) is 11.1. The molecule has 2 N–H and O–H groups in total. The van der Waals surface area contributed by atoms with Gasteiger partial charge in [-0.1, -0.05) is 6.92 Å². The standard InChI is InChI=1S/C16H22N4O3/c1-4-12-14(16(22)18-9-6-8-17-11(2)21)20-10-5-7-13(23-3)15(20)19-12/h5,7,10H,4,6,8-9H2,1-3H3,(H,17,21)(H,18,22). The van der Waals surface area contributed by atoms with E-state index < -0.39 is 0 Å². The maximum atomic E-state index is 12.5. The molecule has 23 heavy (non-hydrogen) atoms. The van der Waals surface area contributed by atoms with Gasteiger partial charge in [0.25, 0.3) is 5.91 Å². The van der Waals surface area contributed by atoms with Gasteiger partial charge in [-0.3, -0.25) is 14.0 Å². The van der Waals surface area contributed by atoms with Crippen LogP contribution in [-0.2, 0) is 11.2 Å². The minimum Gasteiger partial charge on any atom is -0.493 e. The Morgan fingerprint density at radius 2 is 2.04 bits per heavy atom. The number of hydrogen-bond donors (Lipinski definition) is 2. The summed E-state index contributed by atoms with van der Waals surface area (Å²) < 4.78 is 7.05. The molecular weight excluding hydrogens is 296 g/mol. The normalized spacial score (nSPS) is 10.6. The number of aryl methyl sites for hydroxylation is 1. The maximum absolute atomic E-state index is 12.5. The molecule has 0 radical (unpaired) electrons. The van der Waals surface area contributed by atoms with Gasteiger partial charge in [-0.2, -0.15) is 0 Å². The molecule has 0 aliphatic rings. The number of carbonyl (C=O) groups excluding carboxylic acids is 2. The van der Waals surface area contributed by atoms with Gasteiger partial charge in [0.1, 0.15) is 5.69 Å². The molecule has 0 bridgehead atoms. The third-order valence-electron chi connectivity index (χ3n) is 3.47. The van der Waals surface area contributed by atoms with E-state index in [2.05, 4.69) is 15.6 Å². The lowest BCUT2D eigenvalue weighted by molar-refractivity contribution is -0.118. The largest absolute Gasteiger partial charge is 0.493 e. The Hall–Kier alpha value is -2.57. The summed E-state index contributed by atoms with van der Waals surface area (Å²) in [4.78, 5) is 27.8. The van der Waals surface area contributed by atoms with Crippen LogP contribution in [0.3, 0.4) is 0 Å². The van der Waals surface area contributed by atoms with Crippen molar-refractivity contribution in [3.8, 4) is 5.75 Å². The van der Waals surface area contributed by atoms with Crippen molar-refractivity contribution in [2.45, 2.75) is 26.7 Å². The van der Waals surface area contributed by atoms with E-state index in [0.717, 1.165) is 5.69 Å². The first kappa shape index (κ1) is 16.8. The minimum atomic E-state index is -0.176. The molecule has 2 aromatic rings. The number of carbonyl (C=O) groups is 2. The van der Waals surface area contributed by atoms with Gasteiger partial charge in [-0.15, -0.1) is 0 Å². The smallest absolute Gasteiger partial charge is 0.270 e. The number of amides is 2. The molecular formula is C16H22N4O3. The highest BCUT2D eigenvalue weighted by atomic mass is 16.5. The van der Waals surface area contributed by atoms with Crippen LogP contribution in [0.25, 0.3) is 5.65 Å². The molecule has 2 heterocycles. The highest BCUT2D eigenvalue weighted by molar-refractivity contribution is 5.95. The lowest BCUT2D eigenvalue weighted by atomic mass is 10.2. The van der Waals surface area contributed by atoms with Crippen molar-refractivity contribution in [1.29, 1.82) is 0 Å². The summed E-state index contributed by atoms with van der Waals surface area (Å²) in [5.74, 6) is 0.385. The first-order valence-corrected chi connectivity index (χ1v) is 7.65. The number of fused-ring (bicyclic) bond motifs is 1. The number of nitrogens with zero attached hydrogens (tertiary/aromatic N) is 2. The molecule has 7 nitrogen and oxygen atoms in total. The van der Waals surface area contributed by atoms with E-state index in [9.17, 15) is 9.59 Å². The molecule has 0 unspecified atom stereocenters. The average molecular weight is 318 g/mol. The Morgan fingerprint density at radius 3 is 2.70 bits per heavy atom. The summed E-state index contributed by atoms with van der Waals surface area (Å²) in [5.41, 5.74) is 1.89.